The molecule has 0 saturated carbocycles. The van der Waals surface area contributed by atoms with Gasteiger partial charge in [0.15, 0.2) is 21.6 Å². The van der Waals surface area contributed by atoms with Crippen molar-refractivity contribution >= 4 is 61.7 Å². The Hall–Kier alpha value is -2.81. The highest BCUT2D eigenvalue weighted by atomic mass is 32.2. The van der Waals surface area contributed by atoms with Crippen molar-refractivity contribution in [3.63, 3.8) is 0 Å². The van der Waals surface area contributed by atoms with E-state index in [2.05, 4.69) is 29.3 Å². The molecule has 0 bridgehead atoms. The SMILES string of the molecule is CCN(CC)S(=O)(=O)c1scc(Nc2nc3nsnc3nc2N[C@@H](c2ccc(C)o2)C(C)C)c1O. The maximum absolute atomic E-state index is 12.9. The van der Waals surface area contributed by atoms with E-state index < -0.39 is 10.0 Å². The summed E-state index contributed by atoms with van der Waals surface area (Å²) in [7, 11) is -3.83. The van der Waals surface area contributed by atoms with Crippen LogP contribution >= 0.6 is 23.1 Å². The molecule has 0 saturated heterocycles. The zero-order chi connectivity index (χ0) is 25.3. The number of nitrogens with one attached hydrogen (secondary N) is 2. The zero-order valence-corrected chi connectivity index (χ0v) is 22.4. The normalized spacial score (nSPS) is 13.1. The lowest BCUT2D eigenvalue weighted by Crippen LogP contribution is -2.30. The fourth-order valence-electron chi connectivity index (χ4n) is 3.57. The lowest BCUT2D eigenvalue weighted by molar-refractivity contribution is 0.408. The van der Waals surface area contributed by atoms with Gasteiger partial charge in [0.1, 0.15) is 11.5 Å². The lowest BCUT2D eigenvalue weighted by Gasteiger charge is -2.22. The smallest absolute Gasteiger partial charge is 0.256 e. The van der Waals surface area contributed by atoms with Crippen molar-refractivity contribution in [2.24, 2.45) is 5.92 Å². The number of anilines is 3. The predicted molar refractivity (Wildman–Crippen MR) is 137 cm³/mol. The van der Waals surface area contributed by atoms with E-state index in [1.165, 1.54) is 9.69 Å². The Labute approximate surface area is 211 Å². The summed E-state index contributed by atoms with van der Waals surface area (Å²) in [6, 6.07) is 3.58. The van der Waals surface area contributed by atoms with Crippen molar-refractivity contribution in [1.29, 1.82) is 0 Å². The minimum absolute atomic E-state index is 0.131. The highest BCUT2D eigenvalue weighted by Gasteiger charge is 2.29. The first-order valence-corrected chi connectivity index (χ1v) is 14.1. The van der Waals surface area contributed by atoms with Crippen LogP contribution in [-0.2, 0) is 10.0 Å². The second-order valence-corrected chi connectivity index (χ2v) is 11.7. The molecule has 0 unspecified atom stereocenters. The van der Waals surface area contributed by atoms with E-state index in [1.807, 2.05) is 32.9 Å². The molecular formula is C21H27N7O4S3. The maximum Gasteiger partial charge on any atom is 0.256 e. The number of aromatic hydroxyl groups is 1. The van der Waals surface area contributed by atoms with Crippen LogP contribution in [0.15, 0.2) is 26.1 Å². The van der Waals surface area contributed by atoms with Crippen molar-refractivity contribution in [3.8, 4) is 5.75 Å². The van der Waals surface area contributed by atoms with Crippen LogP contribution in [0.1, 0.15) is 45.3 Å². The number of hydrogen-bond acceptors (Lipinski definition) is 12. The van der Waals surface area contributed by atoms with Gasteiger partial charge in [-0.15, -0.1) is 11.3 Å². The van der Waals surface area contributed by atoms with Gasteiger partial charge in [0.25, 0.3) is 10.0 Å². The first-order valence-electron chi connectivity index (χ1n) is 11.1. The molecule has 0 spiro atoms. The highest BCUT2D eigenvalue weighted by molar-refractivity contribution is 7.91. The molecule has 14 heteroatoms. The summed E-state index contributed by atoms with van der Waals surface area (Å²) in [6.45, 7) is 10.1. The Morgan fingerprint density at radius 1 is 1.11 bits per heavy atom. The molecule has 4 heterocycles. The average Bonchev–Trinajstić information content (AvgIpc) is 3.53. The van der Waals surface area contributed by atoms with Gasteiger partial charge in [0.2, 0.25) is 11.3 Å². The molecule has 1 atom stereocenters. The second-order valence-electron chi connectivity index (χ2n) is 8.15. The topological polar surface area (TPSA) is 146 Å². The number of thiophene rings is 1. The van der Waals surface area contributed by atoms with E-state index in [9.17, 15) is 13.5 Å². The molecule has 0 aliphatic heterocycles. The molecule has 0 aliphatic carbocycles. The molecule has 4 rings (SSSR count). The van der Waals surface area contributed by atoms with Crippen LogP contribution in [0.4, 0.5) is 17.3 Å². The molecule has 35 heavy (non-hydrogen) atoms. The Balaban J connectivity index is 1.73. The molecule has 4 aromatic rings. The van der Waals surface area contributed by atoms with Gasteiger partial charge >= 0.3 is 0 Å². The fourth-order valence-corrected chi connectivity index (χ4v) is 6.85. The van der Waals surface area contributed by atoms with E-state index >= 15 is 0 Å². The van der Waals surface area contributed by atoms with Gasteiger partial charge in [-0.1, -0.05) is 27.7 Å². The van der Waals surface area contributed by atoms with Crippen molar-refractivity contribution in [2.45, 2.75) is 44.9 Å². The summed E-state index contributed by atoms with van der Waals surface area (Å²) in [4.78, 5) is 9.11. The zero-order valence-electron chi connectivity index (χ0n) is 19.9. The van der Waals surface area contributed by atoms with E-state index in [0.717, 1.165) is 34.6 Å². The Morgan fingerprint density at radius 2 is 1.77 bits per heavy atom. The van der Waals surface area contributed by atoms with E-state index in [0.29, 0.717) is 30.2 Å². The molecule has 3 N–H and O–H groups in total. The van der Waals surface area contributed by atoms with Crippen molar-refractivity contribution in [1.82, 2.24) is 23.0 Å². The minimum Gasteiger partial charge on any atom is -0.504 e. The van der Waals surface area contributed by atoms with Gasteiger partial charge in [-0.2, -0.15) is 13.1 Å². The first kappa shape index (κ1) is 25.3. The third kappa shape index (κ3) is 4.96. The summed E-state index contributed by atoms with van der Waals surface area (Å²) in [5.74, 6) is 1.96. The largest absolute Gasteiger partial charge is 0.504 e. The van der Waals surface area contributed by atoms with Gasteiger partial charge < -0.3 is 20.2 Å². The second kappa shape index (κ2) is 10.0. The number of furan rings is 1. The van der Waals surface area contributed by atoms with Crippen LogP contribution in [0.5, 0.6) is 5.75 Å². The van der Waals surface area contributed by atoms with E-state index in [-0.39, 0.29) is 33.4 Å². The van der Waals surface area contributed by atoms with Crippen LogP contribution in [0.3, 0.4) is 0 Å². The molecule has 0 amide bonds. The van der Waals surface area contributed by atoms with Crippen molar-refractivity contribution < 1.29 is 17.9 Å². The average molecular weight is 538 g/mol. The summed E-state index contributed by atoms with van der Waals surface area (Å²) < 4.78 is 41.2. The van der Waals surface area contributed by atoms with Gasteiger partial charge in [-0.25, -0.2) is 18.4 Å². The predicted octanol–water partition coefficient (Wildman–Crippen LogP) is 4.73. The van der Waals surface area contributed by atoms with Crippen LogP contribution in [0.2, 0.25) is 0 Å². The number of aromatic nitrogens is 4. The van der Waals surface area contributed by atoms with Gasteiger partial charge in [-0.05, 0) is 25.0 Å². The van der Waals surface area contributed by atoms with E-state index in [1.54, 1.807) is 13.8 Å². The van der Waals surface area contributed by atoms with Gasteiger partial charge in [0.05, 0.1) is 23.5 Å². The molecule has 0 aromatic carbocycles. The summed E-state index contributed by atoms with van der Waals surface area (Å²) in [5.41, 5.74) is 0.916. The summed E-state index contributed by atoms with van der Waals surface area (Å²) in [6.07, 6.45) is 0. The highest BCUT2D eigenvalue weighted by Crippen LogP contribution is 2.41. The quantitative estimate of drug-likeness (QED) is 0.259. The molecular weight excluding hydrogens is 510 g/mol. The van der Waals surface area contributed by atoms with Crippen molar-refractivity contribution in [2.75, 3.05) is 23.7 Å². The van der Waals surface area contributed by atoms with Crippen LogP contribution in [0, 0.1) is 12.8 Å². The Kier molecular flexibility index (Phi) is 7.26. The number of aryl methyl sites for hydroxylation is 1. The molecule has 0 fully saturated rings. The van der Waals surface area contributed by atoms with Crippen molar-refractivity contribution in [3.05, 3.63) is 29.0 Å². The third-order valence-electron chi connectivity index (χ3n) is 5.41. The number of rotatable bonds is 10. The molecule has 0 radical (unpaired) electrons. The molecule has 11 nitrogen and oxygen atoms in total. The number of nitrogens with zero attached hydrogens (tertiary/aromatic N) is 5. The maximum atomic E-state index is 12.9. The summed E-state index contributed by atoms with van der Waals surface area (Å²) in [5, 5.41) is 18.8. The number of hydrogen-bond donors (Lipinski definition) is 3. The Morgan fingerprint density at radius 3 is 2.34 bits per heavy atom. The first-order chi connectivity index (χ1) is 16.6. The van der Waals surface area contributed by atoms with Gasteiger partial charge in [0, 0.05) is 18.5 Å². The third-order valence-corrected chi connectivity index (χ3v) is 9.45. The lowest BCUT2D eigenvalue weighted by atomic mass is 10.0. The number of fused-ring (bicyclic) bond motifs is 1. The Bertz CT molecular complexity index is 1420. The minimum atomic E-state index is -3.83. The van der Waals surface area contributed by atoms with Crippen LogP contribution in [-0.4, -0.2) is 49.6 Å². The fraction of sp³-hybridized carbons (Fsp3) is 0.429. The standard InChI is InChI=1S/C21H27N7O4S3/c1-6-28(7-2)35(30,31)21-16(29)13(10-33-21)22-17-18(25-20-19(24-17)26-34-27-20)23-15(11(3)4)14-9-8-12(5)32-14/h8-11,15,29H,6-7H2,1-5H3,(H,22,24,26)(H,23,25,27)/t15-/m1/s1. The molecule has 0 aliphatic rings. The van der Waals surface area contributed by atoms with E-state index in [4.69, 9.17) is 4.42 Å². The molecule has 188 valence electrons. The van der Waals surface area contributed by atoms with Gasteiger partial charge in [-0.3, -0.25) is 0 Å². The molecule has 4 aromatic heterocycles. The summed E-state index contributed by atoms with van der Waals surface area (Å²) >= 11 is 1.93. The monoisotopic (exact) mass is 537 g/mol. The van der Waals surface area contributed by atoms with Crippen LogP contribution < -0.4 is 10.6 Å². The number of sulfonamides is 1. The van der Waals surface area contributed by atoms with Crippen LogP contribution in [0.25, 0.3) is 11.3 Å².